The second-order valence-electron chi connectivity index (χ2n) is 4.42. The summed E-state index contributed by atoms with van der Waals surface area (Å²) in [6, 6.07) is 2.45. The normalized spacial score (nSPS) is 10.7. The van der Waals surface area contributed by atoms with Crippen LogP contribution in [0.5, 0.6) is 0 Å². The monoisotopic (exact) mass is 339 g/mol. The van der Waals surface area contributed by atoms with Crippen LogP contribution in [0.25, 0.3) is 0 Å². The van der Waals surface area contributed by atoms with Crippen LogP contribution in [-0.4, -0.2) is 31.8 Å². The number of hydrogen-bond acceptors (Lipinski definition) is 5. The molecule has 1 N–H and O–H groups in total. The average Bonchev–Trinajstić information content (AvgIpc) is 2.90. The minimum atomic E-state index is -5.13. The summed E-state index contributed by atoms with van der Waals surface area (Å²) in [6.45, 7) is 0. The number of carbonyl (C=O) groups excluding carboxylic acids is 1. The smallest absolute Gasteiger partial charge is 0.302 e. The topological polar surface area (TPSA) is 103 Å². The molecule has 8 nitrogen and oxygen atoms in total. The number of nitrogens with one attached hydrogen (secondary N) is 1. The molecule has 2 heterocycles. The number of halogens is 3. The molecule has 0 spiro atoms. The van der Waals surface area contributed by atoms with Crippen molar-refractivity contribution in [2.45, 2.75) is 6.18 Å². The van der Waals surface area contributed by atoms with Crippen LogP contribution in [0.1, 0.15) is 11.3 Å². The molecule has 24 heavy (non-hydrogen) atoms. The van der Waals surface area contributed by atoms with E-state index in [9.17, 15) is 28.1 Å². The maximum atomic E-state index is 12.3. The van der Waals surface area contributed by atoms with Crippen LogP contribution in [0.2, 0.25) is 0 Å². The summed E-state index contributed by atoms with van der Waals surface area (Å²) in [5.74, 6) is 2.15. The summed E-state index contributed by atoms with van der Waals surface area (Å²) in [4.78, 5) is 24.5. The maximum Gasteiger partial charge on any atom is 0.471 e. The molecule has 0 unspecified atom stereocenters. The van der Waals surface area contributed by atoms with Crippen molar-refractivity contribution in [3.8, 4) is 11.8 Å². The molecule has 0 aliphatic carbocycles. The van der Waals surface area contributed by atoms with E-state index >= 15 is 0 Å². The van der Waals surface area contributed by atoms with Gasteiger partial charge in [-0.1, -0.05) is 5.92 Å². The number of pyridine rings is 1. The van der Waals surface area contributed by atoms with Gasteiger partial charge in [-0.25, -0.2) is 4.98 Å². The van der Waals surface area contributed by atoms with Gasteiger partial charge in [-0.05, 0) is 12.0 Å². The lowest BCUT2D eigenvalue weighted by atomic mass is 10.2. The van der Waals surface area contributed by atoms with E-state index in [-0.39, 0.29) is 11.3 Å². The lowest BCUT2D eigenvalue weighted by Gasteiger charge is -2.08. The van der Waals surface area contributed by atoms with Gasteiger partial charge in [-0.3, -0.25) is 19.6 Å². The Balaban J connectivity index is 2.42. The fraction of sp³-hybridized carbons (Fsp3) is 0.154. The van der Waals surface area contributed by atoms with Crippen molar-refractivity contribution in [1.82, 2.24) is 14.8 Å². The zero-order valence-electron chi connectivity index (χ0n) is 12.0. The van der Waals surface area contributed by atoms with Crippen LogP contribution in [0.15, 0.2) is 24.5 Å². The molecule has 2 aromatic heterocycles. The zero-order chi connectivity index (χ0) is 17.9. The first-order valence-corrected chi connectivity index (χ1v) is 6.21. The van der Waals surface area contributed by atoms with Crippen LogP contribution in [0, 0.1) is 22.0 Å². The SMILES string of the molecule is Cn1ccc(C#Cc2cc([N+](=O)[O-])cnc2NC(=O)C(F)(F)F)n1. The zero-order valence-corrected chi connectivity index (χ0v) is 12.0. The molecule has 11 heteroatoms. The molecule has 0 bridgehead atoms. The molecule has 124 valence electrons. The number of amides is 1. The Bertz CT molecular complexity index is 864. The van der Waals surface area contributed by atoms with Crippen molar-refractivity contribution in [2.24, 2.45) is 7.05 Å². The second-order valence-corrected chi connectivity index (χ2v) is 4.42. The average molecular weight is 339 g/mol. The Morgan fingerprint density at radius 2 is 2.12 bits per heavy atom. The van der Waals surface area contributed by atoms with Gasteiger partial charge in [0.05, 0.1) is 10.5 Å². The molecule has 2 aromatic rings. The molecule has 0 aromatic carbocycles. The molecule has 1 amide bonds. The molecular formula is C13H8F3N5O3. The van der Waals surface area contributed by atoms with Gasteiger partial charge in [0, 0.05) is 19.3 Å². The van der Waals surface area contributed by atoms with E-state index in [1.165, 1.54) is 16.1 Å². The van der Waals surface area contributed by atoms with Crippen molar-refractivity contribution in [2.75, 3.05) is 5.32 Å². The van der Waals surface area contributed by atoms with E-state index in [4.69, 9.17) is 0 Å². The Kier molecular flexibility index (Phi) is 4.50. The van der Waals surface area contributed by atoms with Crippen LogP contribution >= 0.6 is 0 Å². The van der Waals surface area contributed by atoms with Crippen LogP contribution in [-0.2, 0) is 11.8 Å². The van der Waals surface area contributed by atoms with Crippen LogP contribution < -0.4 is 5.32 Å². The third-order valence-electron chi connectivity index (χ3n) is 2.61. The summed E-state index contributed by atoms with van der Waals surface area (Å²) in [5, 5.41) is 16.2. The van der Waals surface area contributed by atoms with Gasteiger partial charge in [0.25, 0.3) is 5.69 Å². The summed E-state index contributed by atoms with van der Waals surface area (Å²) < 4.78 is 38.4. The van der Waals surface area contributed by atoms with Crippen LogP contribution in [0.4, 0.5) is 24.7 Å². The highest BCUT2D eigenvalue weighted by atomic mass is 19.4. The van der Waals surface area contributed by atoms with Gasteiger partial charge < -0.3 is 5.32 Å². The van der Waals surface area contributed by atoms with Gasteiger partial charge in [0.2, 0.25) is 0 Å². The predicted octanol–water partition coefficient (Wildman–Crippen LogP) is 1.62. The standard InChI is InChI=1S/C13H8F3N5O3/c1-20-5-4-9(19-20)3-2-8-6-10(21(23)24)7-17-11(8)18-12(22)13(14,15)16/h4-7H,1H3,(H,17,18,22). The predicted molar refractivity (Wildman–Crippen MR) is 74.8 cm³/mol. The third kappa shape index (κ3) is 4.07. The van der Waals surface area contributed by atoms with Gasteiger partial charge in [-0.2, -0.15) is 18.3 Å². The molecule has 0 atom stereocenters. The first-order valence-electron chi connectivity index (χ1n) is 6.21. The second kappa shape index (κ2) is 6.37. The molecule has 0 fully saturated rings. The Morgan fingerprint density at radius 3 is 2.67 bits per heavy atom. The molecule has 0 aliphatic heterocycles. The lowest BCUT2D eigenvalue weighted by Crippen LogP contribution is -2.30. The maximum absolute atomic E-state index is 12.3. The van der Waals surface area contributed by atoms with Gasteiger partial charge in [0.1, 0.15) is 17.7 Å². The van der Waals surface area contributed by atoms with Crippen LogP contribution in [0.3, 0.4) is 0 Å². The largest absolute Gasteiger partial charge is 0.471 e. The summed E-state index contributed by atoms with van der Waals surface area (Å²) >= 11 is 0. The Hall–Kier alpha value is -3.42. The number of aryl methyl sites for hydroxylation is 1. The number of aromatic nitrogens is 3. The molecule has 2 rings (SSSR count). The highest BCUT2D eigenvalue weighted by molar-refractivity contribution is 5.95. The first-order chi connectivity index (χ1) is 11.2. The Morgan fingerprint density at radius 1 is 1.42 bits per heavy atom. The van der Waals surface area contributed by atoms with Gasteiger partial charge in [-0.15, -0.1) is 0 Å². The van der Waals surface area contributed by atoms with Crippen molar-refractivity contribution < 1.29 is 22.9 Å². The molecule has 0 radical (unpaired) electrons. The quantitative estimate of drug-likeness (QED) is 0.509. The molecule has 0 saturated carbocycles. The van der Waals surface area contributed by atoms with E-state index in [0.29, 0.717) is 0 Å². The number of carbonyl (C=O) groups is 1. The minimum Gasteiger partial charge on any atom is -0.302 e. The van der Waals surface area contributed by atoms with E-state index in [1.807, 2.05) is 0 Å². The third-order valence-corrected chi connectivity index (χ3v) is 2.61. The van der Waals surface area contributed by atoms with Crippen molar-refractivity contribution in [3.63, 3.8) is 0 Å². The van der Waals surface area contributed by atoms with Gasteiger partial charge in [0.15, 0.2) is 0 Å². The number of alkyl halides is 3. The highest BCUT2D eigenvalue weighted by Crippen LogP contribution is 2.22. The van der Waals surface area contributed by atoms with Crippen molar-refractivity contribution in [1.29, 1.82) is 0 Å². The number of nitrogens with zero attached hydrogens (tertiary/aromatic N) is 4. The van der Waals surface area contributed by atoms with E-state index in [1.54, 1.807) is 13.2 Å². The fourth-order valence-electron chi connectivity index (χ4n) is 1.54. The summed E-state index contributed by atoms with van der Waals surface area (Å²) in [7, 11) is 1.63. The minimum absolute atomic E-state index is 0.243. The van der Waals surface area contributed by atoms with Crippen molar-refractivity contribution >= 4 is 17.4 Å². The lowest BCUT2D eigenvalue weighted by molar-refractivity contribution is -0.385. The fourth-order valence-corrected chi connectivity index (χ4v) is 1.54. The number of hydrogen-bond donors (Lipinski definition) is 1. The number of anilines is 1. The number of rotatable bonds is 2. The van der Waals surface area contributed by atoms with E-state index in [2.05, 4.69) is 21.9 Å². The number of nitro groups is 1. The first kappa shape index (κ1) is 16.9. The highest BCUT2D eigenvalue weighted by Gasteiger charge is 2.39. The van der Waals surface area contributed by atoms with Gasteiger partial charge >= 0.3 is 12.1 Å². The van der Waals surface area contributed by atoms with Crippen molar-refractivity contribution in [3.05, 3.63) is 45.9 Å². The van der Waals surface area contributed by atoms with E-state index in [0.717, 1.165) is 12.3 Å². The molecule has 0 aliphatic rings. The summed E-state index contributed by atoms with van der Waals surface area (Å²) in [5.41, 5.74) is -0.435. The summed E-state index contributed by atoms with van der Waals surface area (Å²) in [6.07, 6.45) is -2.82. The molecular weight excluding hydrogens is 331 g/mol. The van der Waals surface area contributed by atoms with E-state index < -0.39 is 28.5 Å². The molecule has 0 saturated heterocycles. The Labute approximate surface area is 132 Å².